The molecule has 3 aromatic rings. The molecule has 2 heterocycles. The number of carbonyl (C=O) groups is 1. The molecule has 0 spiro atoms. The molecule has 1 aromatic carbocycles. The van der Waals surface area contributed by atoms with E-state index in [9.17, 15) is 4.79 Å². The maximum absolute atomic E-state index is 12.8. The second-order valence-corrected chi connectivity index (χ2v) is 7.01. The third-order valence-corrected chi connectivity index (χ3v) is 4.67. The summed E-state index contributed by atoms with van der Waals surface area (Å²) in [5, 5.41) is 11.9. The van der Waals surface area contributed by atoms with Gasteiger partial charge in [-0.2, -0.15) is 0 Å². The summed E-state index contributed by atoms with van der Waals surface area (Å²) in [5.41, 5.74) is 4.49. The average Bonchev–Trinajstić information content (AvgIpc) is 3.33. The summed E-state index contributed by atoms with van der Waals surface area (Å²) in [6.07, 6.45) is 3.70. The van der Waals surface area contributed by atoms with Gasteiger partial charge in [-0.05, 0) is 56.5 Å². The second-order valence-electron chi connectivity index (χ2n) is 6.60. The van der Waals surface area contributed by atoms with Crippen molar-refractivity contribution in [3.63, 3.8) is 0 Å². The number of hydrogen-bond donors (Lipinski definition) is 1. The van der Waals surface area contributed by atoms with E-state index >= 15 is 0 Å². The fraction of sp³-hybridized carbons (Fsp3) is 0.263. The number of amides is 1. The highest BCUT2D eigenvalue weighted by molar-refractivity contribution is 6.32. The standard InChI is InChI=1S/C19H18ClN5O/c1-11-3-6-16(15(20)9-11)25-18(13-4-5-13)17(23-24-25)19(26)22-14-7-8-21-12(2)10-14/h3,6-10,13H,4-5H2,1-2H3,(H,21,22,26). The number of pyridine rings is 1. The van der Waals surface area contributed by atoms with Gasteiger partial charge in [-0.15, -0.1) is 5.10 Å². The summed E-state index contributed by atoms with van der Waals surface area (Å²) in [7, 11) is 0. The van der Waals surface area contributed by atoms with E-state index in [-0.39, 0.29) is 11.8 Å². The zero-order valence-corrected chi connectivity index (χ0v) is 15.3. The lowest BCUT2D eigenvalue weighted by Crippen LogP contribution is -2.15. The van der Waals surface area contributed by atoms with Gasteiger partial charge in [-0.3, -0.25) is 9.78 Å². The van der Waals surface area contributed by atoms with Gasteiger partial charge in [0.05, 0.1) is 16.4 Å². The van der Waals surface area contributed by atoms with Crippen LogP contribution in [-0.4, -0.2) is 25.9 Å². The molecule has 2 aromatic heterocycles. The number of hydrogen-bond acceptors (Lipinski definition) is 4. The summed E-state index contributed by atoms with van der Waals surface area (Å²) in [6, 6.07) is 9.33. The molecule has 0 unspecified atom stereocenters. The highest BCUT2D eigenvalue weighted by atomic mass is 35.5. The van der Waals surface area contributed by atoms with Crippen molar-refractivity contribution in [1.82, 2.24) is 20.0 Å². The van der Waals surface area contributed by atoms with Crippen molar-refractivity contribution in [1.29, 1.82) is 0 Å². The first kappa shape index (κ1) is 16.7. The third kappa shape index (κ3) is 3.20. The van der Waals surface area contributed by atoms with Gasteiger partial charge >= 0.3 is 0 Å². The fourth-order valence-electron chi connectivity index (χ4n) is 2.95. The molecule has 1 N–H and O–H groups in total. The Hall–Kier alpha value is -2.73. The monoisotopic (exact) mass is 367 g/mol. The highest BCUT2D eigenvalue weighted by Crippen LogP contribution is 2.42. The Balaban J connectivity index is 1.71. The normalized spacial score (nSPS) is 13.7. The van der Waals surface area contributed by atoms with Crippen LogP contribution in [0.2, 0.25) is 5.02 Å². The van der Waals surface area contributed by atoms with Crippen LogP contribution in [0.4, 0.5) is 5.69 Å². The second kappa shape index (κ2) is 6.53. The lowest BCUT2D eigenvalue weighted by atomic mass is 10.2. The lowest BCUT2D eigenvalue weighted by Gasteiger charge is -2.10. The van der Waals surface area contributed by atoms with Gasteiger partial charge in [-0.1, -0.05) is 22.9 Å². The SMILES string of the molecule is Cc1ccc(-n2nnc(C(=O)Nc3ccnc(C)c3)c2C2CC2)c(Cl)c1. The van der Waals surface area contributed by atoms with E-state index in [1.165, 1.54) is 0 Å². The quantitative estimate of drug-likeness (QED) is 0.754. The molecule has 1 saturated carbocycles. The van der Waals surface area contributed by atoms with Crippen LogP contribution in [0.5, 0.6) is 0 Å². The highest BCUT2D eigenvalue weighted by Gasteiger charge is 2.34. The van der Waals surface area contributed by atoms with Crippen molar-refractivity contribution >= 4 is 23.2 Å². The summed E-state index contributed by atoms with van der Waals surface area (Å²) >= 11 is 6.40. The molecule has 1 amide bonds. The Labute approximate surface area is 156 Å². The molecule has 7 heteroatoms. The first-order valence-corrected chi connectivity index (χ1v) is 8.87. The molecule has 0 saturated heterocycles. The van der Waals surface area contributed by atoms with Gasteiger partial charge in [-0.25, -0.2) is 4.68 Å². The van der Waals surface area contributed by atoms with Gasteiger partial charge in [0.15, 0.2) is 5.69 Å². The Morgan fingerprint density at radius 1 is 1.23 bits per heavy atom. The first-order valence-electron chi connectivity index (χ1n) is 8.49. The molecule has 1 fully saturated rings. The number of carbonyl (C=O) groups excluding carboxylic acids is 1. The number of aromatic nitrogens is 4. The van der Waals surface area contributed by atoms with Gasteiger partial charge in [0.2, 0.25) is 0 Å². The minimum Gasteiger partial charge on any atom is -0.320 e. The molecule has 4 rings (SSSR count). The molecule has 132 valence electrons. The molecular formula is C19H18ClN5O. The van der Waals surface area contributed by atoms with Crippen LogP contribution in [0, 0.1) is 13.8 Å². The van der Waals surface area contributed by atoms with E-state index < -0.39 is 0 Å². The third-order valence-electron chi connectivity index (χ3n) is 4.37. The molecule has 0 atom stereocenters. The van der Waals surface area contributed by atoms with Crippen molar-refractivity contribution in [2.24, 2.45) is 0 Å². The van der Waals surface area contributed by atoms with Gasteiger partial charge in [0.1, 0.15) is 0 Å². The summed E-state index contributed by atoms with van der Waals surface area (Å²) in [5.74, 6) is 0.00859. The number of nitrogens with zero attached hydrogens (tertiary/aromatic N) is 4. The number of rotatable bonds is 4. The van der Waals surface area contributed by atoms with E-state index in [4.69, 9.17) is 11.6 Å². The van der Waals surface area contributed by atoms with Gasteiger partial charge < -0.3 is 5.32 Å². The van der Waals surface area contributed by atoms with Crippen molar-refractivity contribution in [2.45, 2.75) is 32.6 Å². The molecule has 0 radical (unpaired) electrons. The Bertz CT molecular complexity index is 993. The van der Waals surface area contributed by atoms with E-state index in [2.05, 4.69) is 20.6 Å². The van der Waals surface area contributed by atoms with Gasteiger partial charge in [0.25, 0.3) is 5.91 Å². The molecule has 1 aliphatic carbocycles. The fourth-order valence-corrected chi connectivity index (χ4v) is 3.26. The molecule has 26 heavy (non-hydrogen) atoms. The molecule has 0 aliphatic heterocycles. The van der Waals surface area contributed by atoms with E-state index in [0.29, 0.717) is 16.4 Å². The minimum absolute atomic E-state index is 0.271. The first-order chi connectivity index (χ1) is 12.5. The van der Waals surface area contributed by atoms with Crippen LogP contribution in [0.3, 0.4) is 0 Å². The van der Waals surface area contributed by atoms with Gasteiger partial charge in [0, 0.05) is 23.5 Å². The largest absolute Gasteiger partial charge is 0.320 e. The van der Waals surface area contributed by atoms with Crippen LogP contribution in [0.1, 0.15) is 46.2 Å². The molecule has 6 nitrogen and oxygen atoms in total. The zero-order chi connectivity index (χ0) is 18.3. The average molecular weight is 368 g/mol. The van der Waals surface area contributed by atoms with Crippen LogP contribution < -0.4 is 5.32 Å². The predicted molar refractivity (Wildman–Crippen MR) is 100 cm³/mol. The van der Waals surface area contributed by atoms with Crippen molar-refractivity contribution in [2.75, 3.05) is 5.32 Å². The van der Waals surface area contributed by atoms with Crippen LogP contribution >= 0.6 is 11.6 Å². The number of anilines is 1. The summed E-state index contributed by atoms with van der Waals surface area (Å²) in [6.45, 7) is 3.86. The number of benzene rings is 1. The van der Waals surface area contributed by atoms with E-state index in [1.807, 2.05) is 38.1 Å². The predicted octanol–water partition coefficient (Wildman–Crippen LogP) is 4.06. The maximum atomic E-state index is 12.8. The minimum atomic E-state index is -0.271. The van der Waals surface area contributed by atoms with E-state index in [0.717, 1.165) is 35.5 Å². The van der Waals surface area contributed by atoms with Crippen molar-refractivity contribution in [3.8, 4) is 5.69 Å². The zero-order valence-electron chi connectivity index (χ0n) is 14.5. The maximum Gasteiger partial charge on any atom is 0.278 e. The number of aryl methyl sites for hydroxylation is 2. The molecular weight excluding hydrogens is 350 g/mol. The topological polar surface area (TPSA) is 72.7 Å². The number of nitrogens with one attached hydrogen (secondary N) is 1. The van der Waals surface area contributed by atoms with E-state index in [1.54, 1.807) is 16.9 Å². The Kier molecular flexibility index (Phi) is 4.20. The van der Waals surface area contributed by atoms with Crippen LogP contribution in [0.25, 0.3) is 5.69 Å². The van der Waals surface area contributed by atoms with Crippen molar-refractivity contribution < 1.29 is 4.79 Å². The summed E-state index contributed by atoms with van der Waals surface area (Å²) < 4.78 is 1.70. The smallest absolute Gasteiger partial charge is 0.278 e. The Morgan fingerprint density at radius 2 is 2.04 bits per heavy atom. The van der Waals surface area contributed by atoms with Crippen LogP contribution in [0.15, 0.2) is 36.5 Å². The lowest BCUT2D eigenvalue weighted by molar-refractivity contribution is 0.102. The van der Waals surface area contributed by atoms with Crippen LogP contribution in [-0.2, 0) is 0 Å². The van der Waals surface area contributed by atoms with Crippen molar-refractivity contribution in [3.05, 3.63) is 64.2 Å². The summed E-state index contributed by atoms with van der Waals surface area (Å²) in [4.78, 5) is 16.9. The molecule has 0 bridgehead atoms. The Morgan fingerprint density at radius 3 is 2.73 bits per heavy atom. The molecule has 1 aliphatic rings. The number of halogens is 1.